The van der Waals surface area contributed by atoms with Gasteiger partial charge in [0.25, 0.3) is 5.91 Å². The van der Waals surface area contributed by atoms with Crippen molar-refractivity contribution in [2.45, 2.75) is 31.7 Å². The van der Waals surface area contributed by atoms with Crippen LogP contribution in [0.3, 0.4) is 0 Å². The van der Waals surface area contributed by atoms with Gasteiger partial charge in [-0.3, -0.25) is 4.79 Å². The van der Waals surface area contributed by atoms with E-state index < -0.39 is 0 Å². The van der Waals surface area contributed by atoms with Crippen LogP contribution in [0.15, 0.2) is 30.3 Å². The molecule has 1 heterocycles. The van der Waals surface area contributed by atoms with Gasteiger partial charge in [0, 0.05) is 18.5 Å². The second-order valence-electron chi connectivity index (χ2n) is 5.37. The summed E-state index contributed by atoms with van der Waals surface area (Å²) in [5, 5.41) is 2.23. The number of hydrogen-bond donors (Lipinski definition) is 0. The maximum absolute atomic E-state index is 12.5. The molecule has 1 aliphatic carbocycles. The van der Waals surface area contributed by atoms with E-state index in [9.17, 15) is 4.79 Å². The maximum atomic E-state index is 12.5. The summed E-state index contributed by atoms with van der Waals surface area (Å²) in [6, 6.07) is 9.90. The van der Waals surface area contributed by atoms with Crippen molar-refractivity contribution in [3.05, 3.63) is 41.2 Å². The van der Waals surface area contributed by atoms with Gasteiger partial charge in [-0.25, -0.2) is 4.98 Å². The smallest absolute Gasteiger partial charge is 0.272 e. The second-order valence-corrected chi connectivity index (χ2v) is 5.73. The van der Waals surface area contributed by atoms with E-state index in [4.69, 9.17) is 11.6 Å². The lowest BCUT2D eigenvalue weighted by atomic mass is 10.1. The lowest BCUT2D eigenvalue weighted by Gasteiger charge is -2.24. The highest BCUT2D eigenvalue weighted by Gasteiger charge is 2.25. The fourth-order valence-electron chi connectivity index (χ4n) is 2.90. The number of hydrogen-bond acceptors (Lipinski definition) is 2. The third-order valence-electron chi connectivity index (χ3n) is 4.11. The average molecular weight is 289 g/mol. The molecule has 4 heteroatoms. The van der Waals surface area contributed by atoms with Crippen molar-refractivity contribution in [2.75, 3.05) is 7.05 Å². The number of nitrogens with zero attached hydrogens (tertiary/aromatic N) is 2. The van der Waals surface area contributed by atoms with Gasteiger partial charge >= 0.3 is 0 Å². The van der Waals surface area contributed by atoms with Gasteiger partial charge in [0.2, 0.25) is 0 Å². The average Bonchev–Trinajstić information content (AvgIpc) is 3.00. The molecule has 1 aliphatic rings. The highest BCUT2D eigenvalue weighted by Crippen LogP contribution is 2.26. The second kappa shape index (κ2) is 5.41. The van der Waals surface area contributed by atoms with Crippen LogP contribution in [0.2, 0.25) is 5.15 Å². The Kier molecular flexibility index (Phi) is 3.62. The van der Waals surface area contributed by atoms with Gasteiger partial charge < -0.3 is 4.90 Å². The first-order chi connectivity index (χ1) is 9.66. The molecule has 1 amide bonds. The summed E-state index contributed by atoms with van der Waals surface area (Å²) in [5.74, 6) is -0.0375. The van der Waals surface area contributed by atoms with Crippen molar-refractivity contribution < 1.29 is 4.79 Å². The number of carbonyl (C=O) groups excluding carboxylic acids is 1. The third kappa shape index (κ3) is 2.38. The molecular weight excluding hydrogens is 272 g/mol. The van der Waals surface area contributed by atoms with Crippen molar-refractivity contribution >= 4 is 28.3 Å². The molecule has 0 saturated heterocycles. The number of aromatic nitrogens is 1. The highest BCUT2D eigenvalue weighted by atomic mass is 35.5. The van der Waals surface area contributed by atoms with Gasteiger partial charge in [-0.1, -0.05) is 48.7 Å². The Bertz CT molecular complexity index is 650. The first-order valence-corrected chi connectivity index (χ1v) is 7.37. The third-order valence-corrected chi connectivity index (χ3v) is 4.39. The molecule has 1 aromatic heterocycles. The molecule has 104 valence electrons. The summed E-state index contributed by atoms with van der Waals surface area (Å²) in [5.41, 5.74) is 0.433. The van der Waals surface area contributed by atoms with E-state index >= 15 is 0 Å². The van der Waals surface area contributed by atoms with Crippen LogP contribution in [0.1, 0.15) is 36.2 Å². The Labute approximate surface area is 123 Å². The number of benzene rings is 1. The van der Waals surface area contributed by atoms with Crippen molar-refractivity contribution in [1.82, 2.24) is 9.88 Å². The Hall–Kier alpha value is -1.61. The zero-order chi connectivity index (χ0) is 14.1. The van der Waals surface area contributed by atoms with Gasteiger partial charge in [-0.2, -0.15) is 0 Å². The molecule has 0 radical (unpaired) electrons. The Balaban J connectivity index is 1.95. The molecule has 0 unspecified atom stereocenters. The van der Waals surface area contributed by atoms with E-state index in [1.807, 2.05) is 42.3 Å². The van der Waals surface area contributed by atoms with Gasteiger partial charge in [-0.15, -0.1) is 0 Å². The van der Waals surface area contributed by atoms with E-state index in [0.717, 1.165) is 23.6 Å². The van der Waals surface area contributed by atoms with Crippen LogP contribution >= 0.6 is 11.6 Å². The van der Waals surface area contributed by atoms with Crippen LogP contribution < -0.4 is 0 Å². The fraction of sp³-hybridized carbons (Fsp3) is 0.375. The van der Waals surface area contributed by atoms with Crippen molar-refractivity contribution in [1.29, 1.82) is 0 Å². The summed E-state index contributed by atoms with van der Waals surface area (Å²) < 4.78 is 0. The summed E-state index contributed by atoms with van der Waals surface area (Å²) in [6.45, 7) is 0. The van der Waals surface area contributed by atoms with Crippen LogP contribution in [0, 0.1) is 0 Å². The largest absolute Gasteiger partial charge is 0.337 e. The minimum Gasteiger partial charge on any atom is -0.337 e. The zero-order valence-corrected chi connectivity index (χ0v) is 12.2. The fourth-order valence-corrected chi connectivity index (χ4v) is 3.17. The molecule has 0 aliphatic heterocycles. The van der Waals surface area contributed by atoms with Gasteiger partial charge in [0.05, 0.1) is 0 Å². The molecule has 0 spiro atoms. The standard InChI is InChI=1S/C16H17ClN2O/c1-19(12-7-3-4-8-12)16(20)14-10-11-6-2-5-9-13(11)15(17)18-14/h2,5-6,9-10,12H,3-4,7-8H2,1H3. The summed E-state index contributed by atoms with van der Waals surface area (Å²) in [6.07, 6.45) is 4.58. The van der Waals surface area contributed by atoms with Gasteiger partial charge in [0.15, 0.2) is 0 Å². The SMILES string of the molecule is CN(C(=O)c1cc2ccccc2c(Cl)n1)C1CCCC1. The molecule has 1 fully saturated rings. The molecule has 0 atom stereocenters. The van der Waals surface area contributed by atoms with E-state index in [1.165, 1.54) is 12.8 Å². The number of fused-ring (bicyclic) bond motifs is 1. The van der Waals surface area contributed by atoms with Crippen LogP contribution in [0.5, 0.6) is 0 Å². The van der Waals surface area contributed by atoms with Crippen LogP contribution in [0.4, 0.5) is 0 Å². The van der Waals surface area contributed by atoms with Crippen LogP contribution in [-0.2, 0) is 0 Å². The molecule has 0 N–H and O–H groups in total. The number of amides is 1. The number of carbonyl (C=O) groups is 1. The summed E-state index contributed by atoms with van der Waals surface area (Å²) in [4.78, 5) is 18.6. The Morgan fingerprint density at radius 3 is 2.75 bits per heavy atom. The molecule has 3 nitrogen and oxygen atoms in total. The Morgan fingerprint density at radius 1 is 1.30 bits per heavy atom. The van der Waals surface area contributed by atoms with E-state index in [0.29, 0.717) is 16.9 Å². The highest BCUT2D eigenvalue weighted by molar-refractivity contribution is 6.34. The quantitative estimate of drug-likeness (QED) is 0.785. The molecule has 3 rings (SSSR count). The van der Waals surface area contributed by atoms with E-state index in [1.54, 1.807) is 0 Å². The van der Waals surface area contributed by atoms with Crippen LogP contribution in [-0.4, -0.2) is 28.9 Å². The Morgan fingerprint density at radius 2 is 2.00 bits per heavy atom. The van der Waals surface area contributed by atoms with Gasteiger partial charge in [0.1, 0.15) is 10.8 Å². The van der Waals surface area contributed by atoms with Gasteiger partial charge in [-0.05, 0) is 24.3 Å². The lowest BCUT2D eigenvalue weighted by Crippen LogP contribution is -2.35. The predicted octanol–water partition coefficient (Wildman–Crippen LogP) is 3.90. The molecule has 20 heavy (non-hydrogen) atoms. The zero-order valence-electron chi connectivity index (χ0n) is 11.5. The maximum Gasteiger partial charge on any atom is 0.272 e. The minimum absolute atomic E-state index is 0.0375. The number of halogens is 1. The van der Waals surface area contributed by atoms with Crippen molar-refractivity contribution in [2.24, 2.45) is 0 Å². The van der Waals surface area contributed by atoms with E-state index in [-0.39, 0.29) is 5.91 Å². The number of pyridine rings is 1. The van der Waals surface area contributed by atoms with E-state index in [2.05, 4.69) is 4.98 Å². The molecule has 0 bridgehead atoms. The monoisotopic (exact) mass is 288 g/mol. The van der Waals surface area contributed by atoms with Crippen LogP contribution in [0.25, 0.3) is 10.8 Å². The first kappa shape index (κ1) is 13.4. The topological polar surface area (TPSA) is 33.2 Å². The molecular formula is C16H17ClN2O. The minimum atomic E-state index is -0.0375. The first-order valence-electron chi connectivity index (χ1n) is 6.99. The number of rotatable bonds is 2. The van der Waals surface area contributed by atoms with Crippen molar-refractivity contribution in [3.8, 4) is 0 Å². The van der Waals surface area contributed by atoms with Crippen molar-refractivity contribution in [3.63, 3.8) is 0 Å². The normalized spacial score (nSPS) is 15.7. The summed E-state index contributed by atoms with van der Waals surface area (Å²) in [7, 11) is 1.86. The molecule has 2 aromatic rings. The summed E-state index contributed by atoms with van der Waals surface area (Å²) >= 11 is 6.19. The lowest BCUT2D eigenvalue weighted by molar-refractivity contribution is 0.0729. The predicted molar refractivity (Wildman–Crippen MR) is 81.1 cm³/mol. The molecule has 1 saturated carbocycles. The molecule has 1 aromatic carbocycles.